The second-order valence-corrected chi connectivity index (χ2v) is 8.45. The van der Waals surface area contributed by atoms with E-state index in [2.05, 4.69) is 0 Å². The van der Waals surface area contributed by atoms with E-state index in [9.17, 15) is 35.1 Å². The third kappa shape index (κ3) is 2.82. The van der Waals surface area contributed by atoms with Crippen LogP contribution < -0.4 is 0 Å². The normalized spacial score (nSPS) is 37.4. The molecule has 25 heavy (non-hydrogen) atoms. The lowest BCUT2D eigenvalue weighted by molar-refractivity contribution is 0.266. The first-order valence-corrected chi connectivity index (χ1v) is 8.08. The SMILES string of the molecule is CC1=C(F)C(F)C(Cl)(SC2(Cl)C(F)=C(F)C(C)=C(F)C2F)C(F)=C1F. The average Bonchev–Trinajstić information content (AvgIpc) is 2.59. The largest absolute Gasteiger partial charge is 0.236 e. The molecule has 0 heterocycles. The van der Waals surface area contributed by atoms with Crippen LogP contribution in [0.4, 0.5) is 35.1 Å². The average molecular weight is 431 g/mol. The molecule has 0 aliphatic heterocycles. The molecule has 4 unspecified atom stereocenters. The Bertz CT molecular complexity index is 696. The number of hydrogen-bond acceptors (Lipinski definition) is 1. The number of halogens is 10. The van der Waals surface area contributed by atoms with Crippen LogP contribution in [0.5, 0.6) is 0 Å². The Kier molecular flexibility index (Phi) is 5.36. The summed E-state index contributed by atoms with van der Waals surface area (Å²) in [6.45, 7) is 1.41. The first-order chi connectivity index (χ1) is 11.3. The first kappa shape index (κ1) is 20.6. The van der Waals surface area contributed by atoms with Crippen molar-refractivity contribution in [1.82, 2.24) is 0 Å². The van der Waals surface area contributed by atoms with Crippen LogP contribution in [0.15, 0.2) is 46.1 Å². The van der Waals surface area contributed by atoms with Crippen LogP contribution in [-0.2, 0) is 0 Å². The Morgan fingerprint density at radius 1 is 0.720 bits per heavy atom. The molecule has 0 fully saturated rings. The molecule has 0 saturated carbocycles. The maximum absolute atomic E-state index is 14.2. The lowest BCUT2D eigenvalue weighted by Crippen LogP contribution is -2.45. The Morgan fingerprint density at radius 3 is 1.28 bits per heavy atom. The van der Waals surface area contributed by atoms with E-state index in [0.717, 1.165) is 0 Å². The molecular formula is C14H8Cl2F8S. The topological polar surface area (TPSA) is 0 Å². The van der Waals surface area contributed by atoms with Crippen molar-refractivity contribution in [3.8, 4) is 0 Å². The fourth-order valence-electron chi connectivity index (χ4n) is 2.18. The molecule has 140 valence electrons. The van der Waals surface area contributed by atoms with Crippen molar-refractivity contribution in [2.75, 3.05) is 0 Å². The summed E-state index contributed by atoms with van der Waals surface area (Å²) in [7, 11) is 0. The fourth-order valence-corrected chi connectivity index (χ4v) is 4.59. The van der Waals surface area contributed by atoms with Crippen molar-refractivity contribution < 1.29 is 35.1 Å². The van der Waals surface area contributed by atoms with Gasteiger partial charge in [0.25, 0.3) is 0 Å². The van der Waals surface area contributed by atoms with Gasteiger partial charge in [-0.1, -0.05) is 35.0 Å². The molecule has 2 aliphatic rings. The summed E-state index contributed by atoms with van der Waals surface area (Å²) in [6, 6.07) is 0. The summed E-state index contributed by atoms with van der Waals surface area (Å²) in [5.74, 6) is -11.7. The van der Waals surface area contributed by atoms with Crippen LogP contribution in [0.25, 0.3) is 0 Å². The number of alkyl halides is 4. The third-order valence-electron chi connectivity index (χ3n) is 3.75. The quantitative estimate of drug-likeness (QED) is 0.333. The lowest BCUT2D eigenvalue weighted by atomic mass is 10.0. The van der Waals surface area contributed by atoms with Crippen LogP contribution in [0.1, 0.15) is 13.8 Å². The second kappa shape index (κ2) is 6.49. The first-order valence-electron chi connectivity index (χ1n) is 6.51. The molecule has 11 heteroatoms. The van der Waals surface area contributed by atoms with Crippen molar-refractivity contribution in [1.29, 1.82) is 0 Å². The molecule has 0 amide bonds. The maximum Gasteiger partial charge on any atom is 0.187 e. The van der Waals surface area contributed by atoms with Crippen LogP contribution in [0.2, 0.25) is 0 Å². The fraction of sp³-hybridized carbons (Fsp3) is 0.429. The molecule has 0 radical (unpaired) electrons. The highest BCUT2D eigenvalue weighted by atomic mass is 35.5. The molecule has 0 N–H and O–H groups in total. The Morgan fingerprint density at radius 2 is 1.00 bits per heavy atom. The van der Waals surface area contributed by atoms with Crippen molar-refractivity contribution in [2.45, 2.75) is 34.6 Å². The predicted molar refractivity (Wildman–Crippen MR) is 80.7 cm³/mol. The Hall–Kier alpha value is -0.670. The van der Waals surface area contributed by atoms with Crippen LogP contribution in [0.3, 0.4) is 0 Å². The highest BCUT2D eigenvalue weighted by Gasteiger charge is 2.61. The van der Waals surface area contributed by atoms with Crippen molar-refractivity contribution in [3.05, 3.63) is 46.1 Å². The zero-order chi connectivity index (χ0) is 19.5. The van der Waals surface area contributed by atoms with Crippen LogP contribution in [-0.4, -0.2) is 20.8 Å². The molecule has 0 aromatic heterocycles. The van der Waals surface area contributed by atoms with Crippen molar-refractivity contribution >= 4 is 35.0 Å². The standard InChI is InChI=1S/C14H8Cl2F8S/c1-3-5(17)9(21)13(15,10(22)6(3)18)25-14(16)11(23)7(19)4(2)8(20)12(14)24/h9,11H,1-2H3. The zero-order valence-corrected chi connectivity index (χ0v) is 14.7. The molecule has 0 aromatic rings. The van der Waals surface area contributed by atoms with E-state index in [4.69, 9.17) is 23.2 Å². The van der Waals surface area contributed by atoms with Gasteiger partial charge >= 0.3 is 0 Å². The van der Waals surface area contributed by atoms with Gasteiger partial charge in [0.15, 0.2) is 44.1 Å². The van der Waals surface area contributed by atoms with Gasteiger partial charge in [0.1, 0.15) is 11.7 Å². The molecule has 0 saturated heterocycles. The molecular weight excluding hydrogens is 423 g/mol. The minimum Gasteiger partial charge on any atom is -0.236 e. The monoisotopic (exact) mass is 430 g/mol. The highest BCUT2D eigenvalue weighted by Crippen LogP contribution is 2.62. The number of thioether (sulfide) groups is 1. The van der Waals surface area contributed by atoms with E-state index in [1.54, 1.807) is 0 Å². The third-order valence-corrected chi connectivity index (χ3v) is 6.30. The van der Waals surface area contributed by atoms with Gasteiger partial charge in [-0.2, -0.15) is 0 Å². The number of rotatable bonds is 2. The van der Waals surface area contributed by atoms with E-state index in [-0.39, 0.29) is 0 Å². The molecule has 0 bridgehead atoms. The summed E-state index contributed by atoms with van der Waals surface area (Å²) in [6.07, 6.45) is -6.24. The molecule has 0 nitrogen and oxygen atoms in total. The number of allylic oxidation sites excluding steroid dienone is 6. The van der Waals surface area contributed by atoms with Crippen LogP contribution >= 0.6 is 35.0 Å². The van der Waals surface area contributed by atoms with Gasteiger partial charge in [0.2, 0.25) is 0 Å². The molecule has 4 atom stereocenters. The highest BCUT2D eigenvalue weighted by molar-refractivity contribution is 8.05. The number of hydrogen-bond donors (Lipinski definition) is 0. The summed E-state index contributed by atoms with van der Waals surface area (Å²) < 4.78 is 105. The van der Waals surface area contributed by atoms with Gasteiger partial charge < -0.3 is 0 Å². The maximum atomic E-state index is 14.2. The summed E-state index contributed by atoms with van der Waals surface area (Å²) >= 11 is 10.4. The predicted octanol–water partition coefficient (Wildman–Crippen LogP) is 7.08. The van der Waals surface area contributed by atoms with Gasteiger partial charge in [0.05, 0.1) is 0 Å². The molecule has 2 aliphatic carbocycles. The van der Waals surface area contributed by atoms with Gasteiger partial charge in [-0.05, 0) is 13.8 Å². The van der Waals surface area contributed by atoms with E-state index in [0.29, 0.717) is 13.8 Å². The van der Waals surface area contributed by atoms with E-state index in [1.165, 1.54) is 0 Å². The summed E-state index contributed by atoms with van der Waals surface area (Å²) in [4.78, 5) is 0. The lowest BCUT2D eigenvalue weighted by Gasteiger charge is -2.39. The molecule has 0 aromatic carbocycles. The smallest absolute Gasteiger partial charge is 0.187 e. The van der Waals surface area contributed by atoms with Gasteiger partial charge in [-0.15, -0.1) is 0 Å². The minimum atomic E-state index is -3.41. The van der Waals surface area contributed by atoms with Crippen molar-refractivity contribution in [3.63, 3.8) is 0 Å². The Labute approximate surface area is 151 Å². The summed E-state index contributed by atoms with van der Waals surface area (Å²) in [5.41, 5.74) is -2.09. The Balaban J connectivity index is 2.59. The zero-order valence-electron chi connectivity index (χ0n) is 12.3. The van der Waals surface area contributed by atoms with Gasteiger partial charge in [-0.3, -0.25) is 0 Å². The van der Waals surface area contributed by atoms with Gasteiger partial charge in [0, 0.05) is 11.1 Å². The second-order valence-electron chi connectivity index (χ2n) is 5.32. The van der Waals surface area contributed by atoms with Gasteiger partial charge in [-0.25, -0.2) is 35.1 Å². The van der Waals surface area contributed by atoms with E-state index in [1.807, 2.05) is 0 Å². The summed E-state index contributed by atoms with van der Waals surface area (Å²) in [5, 5.41) is 0. The minimum absolute atomic E-state index is 0.707. The van der Waals surface area contributed by atoms with E-state index < -0.39 is 78.6 Å². The molecule has 0 spiro atoms. The van der Waals surface area contributed by atoms with Crippen molar-refractivity contribution in [2.24, 2.45) is 0 Å². The van der Waals surface area contributed by atoms with Crippen LogP contribution in [0, 0.1) is 0 Å². The molecule has 2 rings (SSSR count). The van der Waals surface area contributed by atoms with E-state index >= 15 is 0 Å².